The molecule has 2 aromatic rings. The summed E-state index contributed by atoms with van der Waals surface area (Å²) in [5.41, 5.74) is 2.33. The molecule has 0 radical (unpaired) electrons. The van der Waals surface area contributed by atoms with Crippen LogP contribution < -0.4 is 5.32 Å². The van der Waals surface area contributed by atoms with Crippen molar-refractivity contribution in [3.8, 4) is 0 Å². The fourth-order valence-corrected chi connectivity index (χ4v) is 1.68. The maximum atomic E-state index is 11.9. The monoisotopic (exact) mass is 229 g/mol. The van der Waals surface area contributed by atoms with Crippen molar-refractivity contribution in [3.05, 3.63) is 47.8 Å². The second kappa shape index (κ2) is 4.82. The van der Waals surface area contributed by atoms with E-state index in [1.165, 1.54) is 0 Å². The molecule has 1 heterocycles. The number of anilines is 1. The molecular weight excluding hydrogens is 214 g/mol. The van der Waals surface area contributed by atoms with Crippen molar-refractivity contribution in [3.63, 3.8) is 0 Å². The van der Waals surface area contributed by atoms with Crippen LogP contribution in [0.25, 0.3) is 0 Å². The van der Waals surface area contributed by atoms with Crippen LogP contribution >= 0.6 is 0 Å². The van der Waals surface area contributed by atoms with Crippen molar-refractivity contribution in [2.24, 2.45) is 7.05 Å². The lowest BCUT2D eigenvalue weighted by atomic mass is 10.2. The van der Waals surface area contributed by atoms with Crippen molar-refractivity contribution < 1.29 is 4.79 Å². The summed E-state index contributed by atoms with van der Waals surface area (Å²) in [5.74, 6) is -0.103. The van der Waals surface area contributed by atoms with Gasteiger partial charge in [0.15, 0.2) is 0 Å². The molecule has 2 rings (SSSR count). The van der Waals surface area contributed by atoms with Crippen molar-refractivity contribution in [1.29, 1.82) is 0 Å². The van der Waals surface area contributed by atoms with E-state index in [-0.39, 0.29) is 5.91 Å². The Kier molecular flexibility index (Phi) is 3.23. The zero-order chi connectivity index (χ0) is 12.3. The van der Waals surface area contributed by atoms with Gasteiger partial charge in [-0.25, -0.2) is 0 Å². The smallest absolute Gasteiger partial charge is 0.255 e. The Morgan fingerprint density at radius 1 is 1.35 bits per heavy atom. The summed E-state index contributed by atoms with van der Waals surface area (Å²) < 4.78 is 1.71. The van der Waals surface area contributed by atoms with Gasteiger partial charge in [0.1, 0.15) is 0 Å². The number of carbonyl (C=O) groups excluding carboxylic acids is 1. The van der Waals surface area contributed by atoms with Gasteiger partial charge >= 0.3 is 0 Å². The van der Waals surface area contributed by atoms with Crippen LogP contribution in [0.2, 0.25) is 0 Å². The molecule has 0 atom stereocenters. The summed E-state index contributed by atoms with van der Waals surface area (Å²) in [4.78, 5) is 11.9. The normalized spacial score (nSPS) is 10.2. The third-order valence-electron chi connectivity index (χ3n) is 2.52. The number of nitrogens with one attached hydrogen (secondary N) is 1. The van der Waals surface area contributed by atoms with Crippen LogP contribution in [-0.2, 0) is 13.5 Å². The highest BCUT2D eigenvalue weighted by Crippen LogP contribution is 2.14. The summed E-state index contributed by atoms with van der Waals surface area (Å²) in [6.07, 6.45) is 2.62. The molecule has 0 unspecified atom stereocenters. The molecule has 88 valence electrons. The average Bonchev–Trinajstić information content (AvgIpc) is 2.70. The van der Waals surface area contributed by atoms with Crippen LogP contribution in [0.3, 0.4) is 0 Å². The third-order valence-corrected chi connectivity index (χ3v) is 2.52. The number of benzene rings is 1. The SMILES string of the molecule is CCc1nn(C)cc1NC(=O)c1ccccc1. The highest BCUT2D eigenvalue weighted by atomic mass is 16.1. The molecule has 0 saturated carbocycles. The first-order valence-electron chi connectivity index (χ1n) is 5.59. The standard InChI is InChI=1S/C13H15N3O/c1-3-11-12(9-16(2)15-11)14-13(17)10-7-5-4-6-8-10/h4-9H,3H2,1-2H3,(H,14,17). The zero-order valence-electron chi connectivity index (χ0n) is 9.97. The van der Waals surface area contributed by atoms with E-state index in [0.29, 0.717) is 5.56 Å². The van der Waals surface area contributed by atoms with Gasteiger partial charge in [0.2, 0.25) is 0 Å². The van der Waals surface area contributed by atoms with E-state index in [0.717, 1.165) is 17.8 Å². The van der Waals surface area contributed by atoms with Gasteiger partial charge in [-0.2, -0.15) is 5.10 Å². The number of hydrogen-bond acceptors (Lipinski definition) is 2. The second-order valence-electron chi connectivity index (χ2n) is 3.84. The summed E-state index contributed by atoms with van der Waals surface area (Å²) in [5, 5.41) is 7.15. The Morgan fingerprint density at radius 2 is 2.06 bits per heavy atom. The molecule has 0 aliphatic carbocycles. The van der Waals surface area contributed by atoms with E-state index in [1.54, 1.807) is 16.8 Å². The van der Waals surface area contributed by atoms with Crippen LogP contribution in [-0.4, -0.2) is 15.7 Å². The van der Waals surface area contributed by atoms with Crippen LogP contribution in [0.1, 0.15) is 23.0 Å². The highest BCUT2D eigenvalue weighted by molar-refractivity contribution is 6.04. The van der Waals surface area contributed by atoms with Crippen LogP contribution in [0, 0.1) is 0 Å². The fourth-order valence-electron chi connectivity index (χ4n) is 1.68. The van der Waals surface area contributed by atoms with Crippen molar-refractivity contribution in [2.45, 2.75) is 13.3 Å². The Hall–Kier alpha value is -2.10. The zero-order valence-corrected chi connectivity index (χ0v) is 9.97. The molecule has 0 bridgehead atoms. The Bertz CT molecular complexity index is 517. The van der Waals surface area contributed by atoms with E-state index in [1.807, 2.05) is 38.4 Å². The minimum absolute atomic E-state index is 0.103. The van der Waals surface area contributed by atoms with E-state index in [9.17, 15) is 4.79 Å². The van der Waals surface area contributed by atoms with Crippen LogP contribution in [0.4, 0.5) is 5.69 Å². The van der Waals surface area contributed by atoms with Crippen LogP contribution in [0.15, 0.2) is 36.5 Å². The Morgan fingerprint density at radius 3 is 2.71 bits per heavy atom. The minimum Gasteiger partial charge on any atom is -0.319 e. The largest absolute Gasteiger partial charge is 0.319 e. The molecule has 1 aromatic heterocycles. The van der Waals surface area contributed by atoms with E-state index in [2.05, 4.69) is 10.4 Å². The summed E-state index contributed by atoms with van der Waals surface area (Å²) >= 11 is 0. The van der Waals surface area contributed by atoms with Gasteiger partial charge in [0.05, 0.1) is 11.4 Å². The van der Waals surface area contributed by atoms with Crippen molar-refractivity contribution in [1.82, 2.24) is 9.78 Å². The average molecular weight is 229 g/mol. The Balaban J connectivity index is 2.18. The van der Waals surface area contributed by atoms with E-state index < -0.39 is 0 Å². The van der Waals surface area contributed by atoms with Gasteiger partial charge in [-0.1, -0.05) is 25.1 Å². The van der Waals surface area contributed by atoms with E-state index in [4.69, 9.17) is 0 Å². The first-order valence-corrected chi connectivity index (χ1v) is 5.59. The van der Waals surface area contributed by atoms with Gasteiger partial charge in [-0.05, 0) is 18.6 Å². The molecule has 1 aromatic carbocycles. The number of carbonyl (C=O) groups is 1. The molecule has 17 heavy (non-hydrogen) atoms. The number of aryl methyl sites for hydroxylation is 2. The number of nitrogens with zero attached hydrogens (tertiary/aromatic N) is 2. The maximum Gasteiger partial charge on any atom is 0.255 e. The quantitative estimate of drug-likeness (QED) is 0.877. The first-order chi connectivity index (χ1) is 8.20. The molecule has 0 spiro atoms. The lowest BCUT2D eigenvalue weighted by Crippen LogP contribution is -2.12. The van der Waals surface area contributed by atoms with Gasteiger partial charge < -0.3 is 5.32 Å². The maximum absolute atomic E-state index is 11.9. The topological polar surface area (TPSA) is 46.9 Å². The predicted octanol–water partition coefficient (Wildman–Crippen LogP) is 2.23. The second-order valence-corrected chi connectivity index (χ2v) is 3.84. The third kappa shape index (κ3) is 2.53. The lowest BCUT2D eigenvalue weighted by Gasteiger charge is -2.03. The molecule has 1 amide bonds. The molecular formula is C13H15N3O. The van der Waals surface area contributed by atoms with Gasteiger partial charge in [0.25, 0.3) is 5.91 Å². The Labute approximate surface area is 100 Å². The summed E-state index contributed by atoms with van der Waals surface area (Å²) in [6.45, 7) is 2.01. The predicted molar refractivity (Wildman–Crippen MR) is 67.0 cm³/mol. The fraction of sp³-hybridized carbons (Fsp3) is 0.231. The highest BCUT2D eigenvalue weighted by Gasteiger charge is 2.10. The molecule has 0 aliphatic heterocycles. The number of amides is 1. The first kappa shape index (κ1) is 11.4. The van der Waals surface area contributed by atoms with E-state index >= 15 is 0 Å². The number of rotatable bonds is 3. The lowest BCUT2D eigenvalue weighted by molar-refractivity contribution is 0.102. The van der Waals surface area contributed by atoms with Gasteiger partial charge in [0, 0.05) is 18.8 Å². The van der Waals surface area contributed by atoms with Crippen molar-refractivity contribution in [2.75, 3.05) is 5.32 Å². The molecule has 0 aliphatic rings. The summed E-state index contributed by atoms with van der Waals surface area (Å²) in [6, 6.07) is 9.16. The molecule has 0 fully saturated rings. The summed E-state index contributed by atoms with van der Waals surface area (Å²) in [7, 11) is 1.84. The number of aromatic nitrogens is 2. The van der Waals surface area contributed by atoms with Gasteiger partial charge in [-0.3, -0.25) is 9.48 Å². The molecule has 1 N–H and O–H groups in total. The molecule has 4 heteroatoms. The van der Waals surface area contributed by atoms with Gasteiger partial charge in [-0.15, -0.1) is 0 Å². The minimum atomic E-state index is -0.103. The number of hydrogen-bond donors (Lipinski definition) is 1. The molecule has 4 nitrogen and oxygen atoms in total. The van der Waals surface area contributed by atoms with Crippen LogP contribution in [0.5, 0.6) is 0 Å². The molecule has 0 saturated heterocycles. The van der Waals surface area contributed by atoms with Crippen molar-refractivity contribution >= 4 is 11.6 Å².